The normalized spacial score (nSPS) is 27.6. The first-order valence-electron chi connectivity index (χ1n) is 11.2. The Morgan fingerprint density at radius 2 is 2.00 bits per heavy atom. The van der Waals surface area contributed by atoms with Crippen LogP contribution in [0.2, 0.25) is 0 Å². The number of rotatable bonds is 4. The number of aliphatic imine (C=N–C) groups is 1. The van der Waals surface area contributed by atoms with Crippen molar-refractivity contribution in [1.82, 2.24) is 4.98 Å². The highest BCUT2D eigenvalue weighted by Gasteiger charge is 2.55. The highest BCUT2D eigenvalue weighted by atomic mass is 16.5. The van der Waals surface area contributed by atoms with E-state index >= 15 is 0 Å². The number of hydrogen-bond acceptors (Lipinski definition) is 4. The average molecular weight is 416 g/mol. The first-order valence-corrected chi connectivity index (χ1v) is 11.2. The summed E-state index contributed by atoms with van der Waals surface area (Å²) >= 11 is 0. The Bertz CT molecular complexity index is 1050. The lowest BCUT2D eigenvalue weighted by molar-refractivity contribution is 0.00125. The quantitative estimate of drug-likeness (QED) is 0.571. The van der Waals surface area contributed by atoms with Crippen LogP contribution in [0.3, 0.4) is 0 Å². The summed E-state index contributed by atoms with van der Waals surface area (Å²) in [5.41, 5.74) is 12.8. The second-order valence-electron chi connectivity index (χ2n) is 9.22. The van der Waals surface area contributed by atoms with Gasteiger partial charge < -0.3 is 10.5 Å². The largest absolute Gasteiger partial charge is 0.381 e. The van der Waals surface area contributed by atoms with Crippen LogP contribution in [0.15, 0.2) is 41.7 Å². The molecular weight excluding hydrogens is 382 g/mol. The highest BCUT2D eigenvalue weighted by Crippen LogP contribution is 2.60. The van der Waals surface area contributed by atoms with Crippen molar-refractivity contribution in [3.63, 3.8) is 0 Å². The van der Waals surface area contributed by atoms with Gasteiger partial charge in [-0.1, -0.05) is 18.1 Å². The second kappa shape index (κ2) is 8.57. The molecule has 2 N–H and O–H groups in total. The van der Waals surface area contributed by atoms with Gasteiger partial charge in [-0.15, -0.1) is 5.92 Å². The van der Waals surface area contributed by atoms with Gasteiger partial charge in [0.1, 0.15) is 0 Å². The molecule has 0 saturated heterocycles. The zero-order valence-electron chi connectivity index (χ0n) is 19.2. The van der Waals surface area contributed by atoms with Crippen LogP contribution in [-0.4, -0.2) is 30.5 Å². The molecule has 0 bridgehead atoms. The van der Waals surface area contributed by atoms with Crippen LogP contribution in [0.5, 0.6) is 0 Å². The van der Waals surface area contributed by atoms with Crippen LogP contribution < -0.4 is 5.73 Å². The third-order valence-corrected chi connectivity index (χ3v) is 7.47. The second-order valence-corrected chi connectivity index (χ2v) is 9.22. The molecule has 1 saturated carbocycles. The minimum atomic E-state index is -0.283. The van der Waals surface area contributed by atoms with E-state index in [-0.39, 0.29) is 11.0 Å². The number of ether oxygens (including phenoxy) is 1. The Hall–Kier alpha value is -2.48. The lowest BCUT2D eigenvalue weighted by Gasteiger charge is -2.46. The maximum absolute atomic E-state index is 5.98. The molecule has 2 aliphatic carbocycles. The van der Waals surface area contributed by atoms with Crippen molar-refractivity contribution in [3.8, 4) is 23.0 Å². The van der Waals surface area contributed by atoms with Gasteiger partial charge in [-0.3, -0.25) is 9.98 Å². The van der Waals surface area contributed by atoms with Gasteiger partial charge in [-0.25, -0.2) is 0 Å². The zero-order chi connectivity index (χ0) is 22.1. The Balaban J connectivity index is 1.80. The summed E-state index contributed by atoms with van der Waals surface area (Å²) in [7, 11) is 1.83. The van der Waals surface area contributed by atoms with Gasteiger partial charge >= 0.3 is 0 Å². The van der Waals surface area contributed by atoms with Gasteiger partial charge in [0, 0.05) is 48.3 Å². The number of fused-ring (bicyclic) bond motifs is 1. The summed E-state index contributed by atoms with van der Waals surface area (Å²) < 4.78 is 5.68. The summed E-state index contributed by atoms with van der Waals surface area (Å²) in [6.45, 7) is 6.72. The number of nitrogens with zero attached hydrogens (tertiary/aromatic N) is 2. The summed E-state index contributed by atoms with van der Waals surface area (Å²) in [6, 6.07) is 8.97. The van der Waals surface area contributed by atoms with Crippen molar-refractivity contribution in [1.29, 1.82) is 0 Å². The molecule has 1 atom stereocenters. The molecule has 162 valence electrons. The van der Waals surface area contributed by atoms with Crippen LogP contribution >= 0.6 is 0 Å². The number of hydrogen-bond donors (Lipinski definition) is 1. The Morgan fingerprint density at radius 1 is 1.23 bits per heavy atom. The van der Waals surface area contributed by atoms with E-state index in [9.17, 15) is 0 Å². The van der Waals surface area contributed by atoms with E-state index < -0.39 is 0 Å². The van der Waals surface area contributed by atoms with E-state index in [0.717, 1.165) is 48.9 Å². The fourth-order valence-corrected chi connectivity index (χ4v) is 5.65. The Morgan fingerprint density at radius 3 is 2.68 bits per heavy atom. The van der Waals surface area contributed by atoms with E-state index in [2.05, 4.69) is 54.9 Å². The number of methoxy groups -OCH3 is 1. The fourth-order valence-electron chi connectivity index (χ4n) is 5.65. The first-order chi connectivity index (χ1) is 14.9. The van der Waals surface area contributed by atoms with Crippen molar-refractivity contribution in [2.24, 2.45) is 16.1 Å². The van der Waals surface area contributed by atoms with Crippen molar-refractivity contribution in [3.05, 3.63) is 53.3 Å². The fraction of sp³-hybridized carbons (Fsp3) is 0.481. The van der Waals surface area contributed by atoms with Crippen molar-refractivity contribution >= 4 is 5.71 Å². The van der Waals surface area contributed by atoms with Crippen LogP contribution in [0.1, 0.15) is 63.1 Å². The molecule has 1 aromatic carbocycles. The number of pyridine rings is 1. The van der Waals surface area contributed by atoms with Gasteiger partial charge in [-0.2, -0.15) is 0 Å². The van der Waals surface area contributed by atoms with E-state index in [1.165, 1.54) is 16.7 Å². The summed E-state index contributed by atoms with van der Waals surface area (Å²) in [5, 5.41) is 0. The van der Waals surface area contributed by atoms with E-state index in [1.54, 1.807) is 0 Å². The third-order valence-electron chi connectivity index (χ3n) is 7.47. The van der Waals surface area contributed by atoms with Gasteiger partial charge in [0.25, 0.3) is 0 Å². The third kappa shape index (κ3) is 3.82. The number of aromatic nitrogens is 1. The zero-order valence-corrected chi connectivity index (χ0v) is 19.2. The molecule has 2 aliphatic rings. The molecule has 4 rings (SSSR count). The standard InChI is InChI=1S/C27H33N3O/c1-5-6-20-13-23(18-29-17-20)21-7-8-22-15-27(11-9-24(31-4)10-12-27)26(3,25(22)14-21)30-19(2)16-28/h7-8,13-14,17-18,24H,9-12,15-16,28H2,1-4H3/b30-19-/t24-,26-,27-/m1/s1. The lowest BCUT2D eigenvalue weighted by Crippen LogP contribution is -2.44. The molecule has 0 aliphatic heterocycles. The molecule has 1 heterocycles. The van der Waals surface area contributed by atoms with Crippen molar-refractivity contribution in [2.45, 2.75) is 64.5 Å². The van der Waals surface area contributed by atoms with Gasteiger partial charge in [0.05, 0.1) is 11.6 Å². The summed E-state index contributed by atoms with van der Waals surface area (Å²) in [6.07, 6.45) is 9.58. The molecule has 2 aromatic rings. The van der Waals surface area contributed by atoms with E-state index in [0.29, 0.717) is 12.6 Å². The maximum Gasteiger partial charge on any atom is 0.0890 e. The smallest absolute Gasteiger partial charge is 0.0890 e. The first kappa shape index (κ1) is 21.7. The SMILES string of the molecule is CC#Cc1cncc(-c2ccc3c(c2)[C@@](C)(/N=C(/C)CN)[C@]2(CC[C@H](OC)CC2)C3)c1. The molecule has 1 aromatic heterocycles. The Labute approximate surface area is 186 Å². The minimum absolute atomic E-state index is 0.118. The molecular formula is C27H33N3O. The lowest BCUT2D eigenvalue weighted by atomic mass is 9.62. The molecule has 31 heavy (non-hydrogen) atoms. The molecule has 1 spiro atoms. The average Bonchev–Trinajstić information content (AvgIpc) is 3.01. The van der Waals surface area contributed by atoms with Crippen LogP contribution in [0.25, 0.3) is 11.1 Å². The van der Waals surface area contributed by atoms with E-state index in [1.807, 2.05) is 26.4 Å². The van der Waals surface area contributed by atoms with Crippen molar-refractivity contribution in [2.75, 3.05) is 13.7 Å². The van der Waals surface area contributed by atoms with Crippen molar-refractivity contribution < 1.29 is 4.74 Å². The van der Waals surface area contributed by atoms with Crippen LogP contribution in [0.4, 0.5) is 0 Å². The monoisotopic (exact) mass is 415 g/mol. The highest BCUT2D eigenvalue weighted by molar-refractivity contribution is 5.84. The molecule has 1 fully saturated rings. The van der Waals surface area contributed by atoms with E-state index in [4.69, 9.17) is 15.5 Å². The topological polar surface area (TPSA) is 60.5 Å². The van der Waals surface area contributed by atoms with Gasteiger partial charge in [0.2, 0.25) is 0 Å². The van der Waals surface area contributed by atoms with Gasteiger partial charge in [-0.05, 0) is 81.7 Å². The molecule has 0 unspecified atom stereocenters. The minimum Gasteiger partial charge on any atom is -0.381 e. The van der Waals surface area contributed by atoms with Crippen LogP contribution in [0, 0.1) is 17.3 Å². The predicted octanol–water partition coefficient (Wildman–Crippen LogP) is 4.89. The maximum atomic E-state index is 5.98. The Kier molecular flexibility index (Phi) is 6.01. The summed E-state index contributed by atoms with van der Waals surface area (Å²) in [5.74, 6) is 6.08. The summed E-state index contributed by atoms with van der Waals surface area (Å²) in [4.78, 5) is 9.70. The molecule has 0 radical (unpaired) electrons. The molecule has 4 heteroatoms. The van der Waals surface area contributed by atoms with Crippen LogP contribution in [-0.2, 0) is 16.7 Å². The predicted molar refractivity (Wildman–Crippen MR) is 127 cm³/mol. The van der Waals surface area contributed by atoms with Gasteiger partial charge in [0.15, 0.2) is 0 Å². The number of benzene rings is 1. The molecule has 4 nitrogen and oxygen atoms in total. The molecule has 0 amide bonds. The number of nitrogens with two attached hydrogens (primary N) is 1.